The average molecular weight is 471 g/mol. The molecule has 4 rings (SSSR count). The van der Waals surface area contributed by atoms with Crippen molar-refractivity contribution in [1.82, 2.24) is 4.98 Å². The summed E-state index contributed by atoms with van der Waals surface area (Å²) in [7, 11) is 1.34. The predicted octanol–water partition coefficient (Wildman–Crippen LogP) is 4.91. The smallest absolute Gasteiger partial charge is 0.341 e. The number of oxazole rings is 1. The Morgan fingerprint density at radius 3 is 2.70 bits per heavy atom. The lowest BCUT2D eigenvalue weighted by atomic mass is 9.96. The van der Waals surface area contributed by atoms with Crippen LogP contribution in [-0.4, -0.2) is 36.0 Å². The second-order valence-corrected chi connectivity index (χ2v) is 9.05. The van der Waals surface area contributed by atoms with Crippen LogP contribution in [0.1, 0.15) is 70.2 Å². The second-order valence-electron chi connectivity index (χ2n) is 7.94. The Morgan fingerprint density at radius 2 is 1.94 bits per heavy atom. The number of nitrogens with one attached hydrogen (secondary N) is 1. The van der Waals surface area contributed by atoms with Crippen LogP contribution in [0.15, 0.2) is 29.0 Å². The maximum atomic E-state index is 13.0. The number of anilines is 1. The monoisotopic (exact) mass is 470 g/mol. The number of aromatic nitrogens is 1. The summed E-state index contributed by atoms with van der Waals surface area (Å²) in [6, 6.07) is 4.76. The number of nitrogens with zero attached hydrogens (tertiary/aromatic N) is 1. The van der Waals surface area contributed by atoms with Crippen molar-refractivity contribution in [2.24, 2.45) is 0 Å². The molecule has 2 aromatic heterocycles. The molecule has 0 radical (unpaired) electrons. The zero-order valence-corrected chi connectivity index (χ0v) is 19.5. The molecule has 0 saturated carbocycles. The van der Waals surface area contributed by atoms with Gasteiger partial charge in [-0.15, -0.1) is 11.3 Å². The number of amides is 1. The van der Waals surface area contributed by atoms with E-state index in [9.17, 15) is 14.4 Å². The fourth-order valence-electron chi connectivity index (χ4n) is 4.02. The Labute approximate surface area is 195 Å². The van der Waals surface area contributed by atoms with E-state index in [1.165, 1.54) is 30.9 Å². The number of fused-ring (bicyclic) bond motifs is 2. The molecule has 0 aliphatic heterocycles. The summed E-state index contributed by atoms with van der Waals surface area (Å²) < 4.78 is 15.7. The SMILES string of the molecule is CCC(OC(=O)c1ccc2ncoc2c1)C(=O)Nc1sc2c(c1C(=O)OC)CCCCCC2. The number of aryl methyl sites for hydroxylation is 1. The van der Waals surface area contributed by atoms with Crippen molar-refractivity contribution in [3.63, 3.8) is 0 Å². The van der Waals surface area contributed by atoms with Gasteiger partial charge in [-0.25, -0.2) is 14.6 Å². The van der Waals surface area contributed by atoms with E-state index in [0.29, 0.717) is 21.7 Å². The Morgan fingerprint density at radius 1 is 1.15 bits per heavy atom. The van der Waals surface area contributed by atoms with Gasteiger partial charge in [-0.05, 0) is 55.9 Å². The molecule has 1 aliphatic carbocycles. The summed E-state index contributed by atoms with van der Waals surface area (Å²) in [5.41, 5.74) is 2.73. The Bertz CT molecular complexity index is 1180. The summed E-state index contributed by atoms with van der Waals surface area (Å²) in [5, 5.41) is 3.29. The van der Waals surface area contributed by atoms with Crippen LogP contribution in [0.2, 0.25) is 0 Å². The van der Waals surface area contributed by atoms with Crippen LogP contribution in [0, 0.1) is 0 Å². The van der Waals surface area contributed by atoms with Crippen LogP contribution in [0.25, 0.3) is 11.1 Å². The van der Waals surface area contributed by atoms with E-state index in [1.54, 1.807) is 19.1 Å². The van der Waals surface area contributed by atoms with E-state index in [4.69, 9.17) is 13.9 Å². The van der Waals surface area contributed by atoms with E-state index < -0.39 is 23.9 Å². The number of ether oxygens (including phenoxy) is 2. The summed E-state index contributed by atoms with van der Waals surface area (Å²) in [6.07, 6.45) is 6.52. The van der Waals surface area contributed by atoms with Gasteiger partial charge in [0.25, 0.3) is 5.91 Å². The van der Waals surface area contributed by atoms with E-state index in [-0.39, 0.29) is 12.0 Å². The highest BCUT2D eigenvalue weighted by Crippen LogP contribution is 2.37. The maximum Gasteiger partial charge on any atom is 0.341 e. The van der Waals surface area contributed by atoms with E-state index in [0.717, 1.165) is 49.0 Å². The number of rotatable bonds is 6. The number of thiophene rings is 1. The van der Waals surface area contributed by atoms with Crippen LogP contribution >= 0.6 is 11.3 Å². The lowest BCUT2D eigenvalue weighted by Gasteiger charge is -2.16. The first-order valence-electron chi connectivity index (χ1n) is 11.1. The van der Waals surface area contributed by atoms with Crippen molar-refractivity contribution in [3.8, 4) is 0 Å². The molecule has 8 nitrogen and oxygen atoms in total. The lowest BCUT2D eigenvalue weighted by Crippen LogP contribution is -2.32. The molecule has 0 bridgehead atoms. The van der Waals surface area contributed by atoms with Crippen molar-refractivity contribution in [3.05, 3.63) is 46.2 Å². The molecule has 1 atom stereocenters. The number of esters is 2. The van der Waals surface area contributed by atoms with Gasteiger partial charge in [-0.3, -0.25) is 4.79 Å². The fraction of sp³-hybridized carbons (Fsp3) is 0.417. The predicted molar refractivity (Wildman–Crippen MR) is 124 cm³/mol. The van der Waals surface area contributed by atoms with Gasteiger partial charge < -0.3 is 19.2 Å². The summed E-state index contributed by atoms with van der Waals surface area (Å²) in [4.78, 5) is 43.4. The van der Waals surface area contributed by atoms with Gasteiger partial charge in [-0.1, -0.05) is 19.8 Å². The lowest BCUT2D eigenvalue weighted by molar-refractivity contribution is -0.124. The topological polar surface area (TPSA) is 108 Å². The molecule has 33 heavy (non-hydrogen) atoms. The summed E-state index contributed by atoms with van der Waals surface area (Å²) in [6.45, 7) is 1.76. The van der Waals surface area contributed by atoms with Gasteiger partial charge in [0.15, 0.2) is 18.1 Å². The first-order chi connectivity index (χ1) is 16.0. The van der Waals surface area contributed by atoms with Crippen molar-refractivity contribution in [2.75, 3.05) is 12.4 Å². The largest absolute Gasteiger partial charge is 0.465 e. The molecule has 1 unspecified atom stereocenters. The fourth-order valence-corrected chi connectivity index (χ4v) is 5.30. The molecule has 0 saturated heterocycles. The minimum Gasteiger partial charge on any atom is -0.465 e. The van der Waals surface area contributed by atoms with Crippen LogP contribution in [0.4, 0.5) is 5.00 Å². The molecule has 174 valence electrons. The van der Waals surface area contributed by atoms with E-state index in [2.05, 4.69) is 10.3 Å². The molecular weight excluding hydrogens is 444 g/mol. The van der Waals surface area contributed by atoms with E-state index in [1.807, 2.05) is 0 Å². The number of carbonyl (C=O) groups is 3. The Balaban J connectivity index is 1.53. The number of benzene rings is 1. The van der Waals surface area contributed by atoms with Gasteiger partial charge in [0, 0.05) is 4.88 Å². The maximum absolute atomic E-state index is 13.0. The van der Waals surface area contributed by atoms with Crippen molar-refractivity contribution in [1.29, 1.82) is 0 Å². The molecule has 2 heterocycles. The highest BCUT2D eigenvalue weighted by atomic mass is 32.1. The van der Waals surface area contributed by atoms with Crippen molar-refractivity contribution >= 4 is 45.3 Å². The first kappa shape index (κ1) is 23.0. The standard InChI is InChI=1S/C24H26N2O6S/c1-3-17(32-23(28)14-10-11-16-18(12-14)31-13-25-16)21(27)26-22-20(24(29)30-2)15-8-6-4-5-7-9-19(15)33-22/h10-13,17H,3-9H2,1-2H3,(H,26,27). The highest BCUT2D eigenvalue weighted by Gasteiger charge is 2.29. The second kappa shape index (κ2) is 10.2. The summed E-state index contributed by atoms with van der Waals surface area (Å²) in [5.74, 6) is -1.58. The third-order valence-corrected chi connectivity index (χ3v) is 6.98. The normalized spacial score (nSPS) is 14.6. The number of hydrogen-bond donors (Lipinski definition) is 1. The van der Waals surface area contributed by atoms with Gasteiger partial charge in [0.1, 0.15) is 10.5 Å². The molecular formula is C24H26N2O6S. The Hall–Kier alpha value is -3.20. The van der Waals surface area contributed by atoms with E-state index >= 15 is 0 Å². The zero-order valence-electron chi connectivity index (χ0n) is 18.6. The van der Waals surface area contributed by atoms with Gasteiger partial charge in [0.2, 0.25) is 0 Å². The van der Waals surface area contributed by atoms with Gasteiger partial charge >= 0.3 is 11.9 Å². The molecule has 9 heteroatoms. The average Bonchev–Trinajstić information content (AvgIpc) is 3.40. The molecule has 1 amide bonds. The van der Waals surface area contributed by atoms with Crippen molar-refractivity contribution < 1.29 is 28.3 Å². The van der Waals surface area contributed by atoms with Crippen molar-refractivity contribution in [2.45, 2.75) is 58.0 Å². The minimum absolute atomic E-state index is 0.264. The number of methoxy groups -OCH3 is 1. The van der Waals surface area contributed by atoms with Gasteiger partial charge in [0.05, 0.1) is 18.2 Å². The molecule has 0 fully saturated rings. The third-order valence-electron chi connectivity index (χ3n) is 5.78. The summed E-state index contributed by atoms with van der Waals surface area (Å²) >= 11 is 1.41. The minimum atomic E-state index is -1.02. The molecule has 3 aromatic rings. The van der Waals surface area contributed by atoms with Crippen LogP contribution < -0.4 is 5.32 Å². The number of carbonyl (C=O) groups excluding carboxylic acids is 3. The molecule has 1 N–H and O–H groups in total. The quantitative estimate of drug-likeness (QED) is 0.510. The molecule has 1 aliphatic rings. The zero-order chi connectivity index (χ0) is 23.4. The van der Waals surface area contributed by atoms with Crippen LogP contribution in [0.5, 0.6) is 0 Å². The van der Waals surface area contributed by atoms with Crippen LogP contribution in [0.3, 0.4) is 0 Å². The number of hydrogen-bond acceptors (Lipinski definition) is 8. The van der Waals surface area contributed by atoms with Crippen LogP contribution in [-0.2, 0) is 27.1 Å². The highest BCUT2D eigenvalue weighted by molar-refractivity contribution is 7.17. The first-order valence-corrected chi connectivity index (χ1v) is 11.9. The third kappa shape index (κ3) is 4.93. The molecule has 0 spiro atoms. The molecule has 1 aromatic carbocycles. The Kier molecular flexibility index (Phi) is 7.08. The van der Waals surface area contributed by atoms with Gasteiger partial charge in [-0.2, -0.15) is 0 Å².